The van der Waals surface area contributed by atoms with Crippen molar-refractivity contribution in [1.82, 2.24) is 15.0 Å². The molecule has 2 aromatic carbocycles. The molecule has 2 N–H and O–H groups in total. The summed E-state index contributed by atoms with van der Waals surface area (Å²) in [5.74, 6) is 1.18. The number of anilines is 3. The number of hydrogen-bond donors (Lipinski definition) is 2. The molecule has 1 aliphatic heterocycles. The Labute approximate surface area is 191 Å². The van der Waals surface area contributed by atoms with Crippen LogP contribution in [0.15, 0.2) is 65.7 Å². The zero-order valence-electron chi connectivity index (χ0n) is 18.4. The van der Waals surface area contributed by atoms with E-state index in [2.05, 4.69) is 32.3 Å². The maximum atomic E-state index is 12.6. The standard InChI is InChI=1S/C25H25N5O3/c1-2-33-22-6-4-3-5-19(22)20-15-21-23(25(31)27-16-26-21)24(29-20)28-17-7-9-18(10-8-17)30-11-13-32-14-12-30/h3-10,15-16H,2,11-14H2,1H3,(H,28,29)(H,26,27,31). The molecular formula is C25H25N5O3. The highest BCUT2D eigenvalue weighted by atomic mass is 16.5. The first-order valence-electron chi connectivity index (χ1n) is 11.0. The molecule has 0 bridgehead atoms. The third kappa shape index (κ3) is 4.38. The average Bonchev–Trinajstić information content (AvgIpc) is 2.85. The molecule has 1 fully saturated rings. The maximum Gasteiger partial charge on any atom is 0.262 e. The van der Waals surface area contributed by atoms with Gasteiger partial charge in [0.1, 0.15) is 17.0 Å². The van der Waals surface area contributed by atoms with Crippen molar-refractivity contribution in [2.24, 2.45) is 0 Å². The Kier molecular flexibility index (Phi) is 5.91. The van der Waals surface area contributed by atoms with Gasteiger partial charge in [-0.25, -0.2) is 9.97 Å². The van der Waals surface area contributed by atoms with E-state index in [1.807, 2.05) is 49.4 Å². The number of nitrogens with zero attached hydrogens (tertiary/aromatic N) is 3. The Morgan fingerprint density at radius 3 is 2.70 bits per heavy atom. The van der Waals surface area contributed by atoms with Crippen LogP contribution in [-0.2, 0) is 4.74 Å². The number of hydrogen-bond acceptors (Lipinski definition) is 7. The lowest BCUT2D eigenvalue weighted by Crippen LogP contribution is -2.36. The number of para-hydroxylation sites is 1. The van der Waals surface area contributed by atoms with Gasteiger partial charge in [0.2, 0.25) is 0 Å². The highest BCUT2D eigenvalue weighted by Crippen LogP contribution is 2.32. The molecule has 0 unspecified atom stereocenters. The van der Waals surface area contributed by atoms with Crippen LogP contribution in [0.3, 0.4) is 0 Å². The van der Waals surface area contributed by atoms with Crippen LogP contribution >= 0.6 is 0 Å². The van der Waals surface area contributed by atoms with Crippen molar-refractivity contribution in [2.45, 2.75) is 6.92 Å². The number of pyridine rings is 1. The van der Waals surface area contributed by atoms with E-state index in [1.165, 1.54) is 6.33 Å². The largest absolute Gasteiger partial charge is 0.493 e. The van der Waals surface area contributed by atoms with Crippen molar-refractivity contribution in [3.8, 4) is 17.0 Å². The van der Waals surface area contributed by atoms with Gasteiger partial charge < -0.3 is 24.7 Å². The summed E-state index contributed by atoms with van der Waals surface area (Å²) in [5.41, 5.74) is 3.80. The number of aromatic nitrogens is 3. The van der Waals surface area contributed by atoms with Gasteiger partial charge >= 0.3 is 0 Å². The third-order valence-corrected chi connectivity index (χ3v) is 5.59. The molecule has 8 heteroatoms. The predicted molar refractivity (Wildman–Crippen MR) is 130 cm³/mol. The lowest BCUT2D eigenvalue weighted by Gasteiger charge is -2.28. The Hall–Kier alpha value is -3.91. The van der Waals surface area contributed by atoms with E-state index in [-0.39, 0.29) is 5.56 Å². The molecule has 5 rings (SSSR count). The second kappa shape index (κ2) is 9.30. The summed E-state index contributed by atoms with van der Waals surface area (Å²) < 4.78 is 11.2. The minimum atomic E-state index is -0.246. The number of fused-ring (bicyclic) bond motifs is 1. The van der Waals surface area contributed by atoms with Crippen LogP contribution in [0, 0.1) is 0 Å². The Morgan fingerprint density at radius 2 is 1.91 bits per heavy atom. The third-order valence-electron chi connectivity index (χ3n) is 5.59. The van der Waals surface area contributed by atoms with Crippen LogP contribution in [0.2, 0.25) is 0 Å². The molecule has 0 saturated carbocycles. The van der Waals surface area contributed by atoms with Gasteiger partial charge in [-0.3, -0.25) is 4.79 Å². The van der Waals surface area contributed by atoms with Gasteiger partial charge in [-0.05, 0) is 49.4 Å². The summed E-state index contributed by atoms with van der Waals surface area (Å²) >= 11 is 0. The molecule has 1 aliphatic rings. The minimum absolute atomic E-state index is 0.246. The fraction of sp³-hybridized carbons (Fsp3) is 0.240. The highest BCUT2D eigenvalue weighted by Gasteiger charge is 2.15. The fourth-order valence-electron chi connectivity index (χ4n) is 3.99. The van der Waals surface area contributed by atoms with Gasteiger partial charge in [-0.15, -0.1) is 0 Å². The van der Waals surface area contributed by atoms with Gasteiger partial charge in [0.15, 0.2) is 0 Å². The van der Waals surface area contributed by atoms with E-state index in [0.29, 0.717) is 29.0 Å². The monoisotopic (exact) mass is 443 g/mol. The first kappa shape index (κ1) is 21.0. The molecule has 0 amide bonds. The molecule has 2 aromatic heterocycles. The number of rotatable bonds is 6. The molecule has 0 radical (unpaired) electrons. The summed E-state index contributed by atoms with van der Waals surface area (Å²) in [5, 5.41) is 3.73. The summed E-state index contributed by atoms with van der Waals surface area (Å²) in [7, 11) is 0. The zero-order valence-corrected chi connectivity index (χ0v) is 18.4. The summed E-state index contributed by atoms with van der Waals surface area (Å²) in [4.78, 5) is 26.8. The first-order valence-corrected chi connectivity index (χ1v) is 11.0. The second-order valence-corrected chi connectivity index (χ2v) is 7.68. The van der Waals surface area contributed by atoms with Crippen molar-refractivity contribution in [3.63, 3.8) is 0 Å². The smallest absolute Gasteiger partial charge is 0.262 e. The summed E-state index contributed by atoms with van der Waals surface area (Å²) in [6.45, 7) is 5.72. The number of aromatic amines is 1. The number of ether oxygens (including phenoxy) is 2. The number of H-pyrrole nitrogens is 1. The van der Waals surface area contributed by atoms with Crippen molar-refractivity contribution in [2.75, 3.05) is 43.1 Å². The first-order chi connectivity index (χ1) is 16.2. The average molecular weight is 444 g/mol. The van der Waals surface area contributed by atoms with E-state index in [1.54, 1.807) is 0 Å². The lowest BCUT2D eigenvalue weighted by molar-refractivity contribution is 0.122. The molecule has 8 nitrogen and oxygen atoms in total. The molecule has 4 aromatic rings. The van der Waals surface area contributed by atoms with Crippen LogP contribution in [0.1, 0.15) is 6.92 Å². The molecule has 0 atom stereocenters. The van der Waals surface area contributed by atoms with E-state index in [0.717, 1.165) is 49.0 Å². The number of benzene rings is 2. The quantitative estimate of drug-likeness (QED) is 0.466. The van der Waals surface area contributed by atoms with Crippen LogP contribution in [0.5, 0.6) is 5.75 Å². The second-order valence-electron chi connectivity index (χ2n) is 7.68. The van der Waals surface area contributed by atoms with Gasteiger partial charge in [0.05, 0.1) is 37.4 Å². The van der Waals surface area contributed by atoms with Crippen molar-refractivity contribution in [3.05, 3.63) is 71.3 Å². The fourth-order valence-corrected chi connectivity index (χ4v) is 3.99. The Bertz CT molecular complexity index is 1310. The Morgan fingerprint density at radius 1 is 1.12 bits per heavy atom. The van der Waals surface area contributed by atoms with Crippen LogP contribution in [-0.4, -0.2) is 47.9 Å². The lowest BCUT2D eigenvalue weighted by atomic mass is 10.1. The SMILES string of the molecule is CCOc1ccccc1-c1cc2nc[nH]c(=O)c2c(Nc2ccc(N3CCOCC3)cc2)n1. The summed E-state index contributed by atoms with van der Waals surface area (Å²) in [6, 6.07) is 17.6. The minimum Gasteiger partial charge on any atom is -0.493 e. The van der Waals surface area contributed by atoms with Crippen molar-refractivity contribution in [1.29, 1.82) is 0 Å². The zero-order chi connectivity index (χ0) is 22.6. The molecule has 33 heavy (non-hydrogen) atoms. The van der Waals surface area contributed by atoms with Crippen LogP contribution < -0.4 is 20.5 Å². The van der Waals surface area contributed by atoms with Crippen LogP contribution in [0.4, 0.5) is 17.2 Å². The van der Waals surface area contributed by atoms with E-state index in [9.17, 15) is 4.79 Å². The Balaban J connectivity index is 1.54. The predicted octanol–water partition coefficient (Wildman–Crippen LogP) is 3.96. The van der Waals surface area contributed by atoms with Gasteiger partial charge in [-0.2, -0.15) is 0 Å². The molecule has 168 valence electrons. The topological polar surface area (TPSA) is 92.4 Å². The van der Waals surface area contributed by atoms with Gasteiger partial charge in [0, 0.05) is 30.0 Å². The molecular weight excluding hydrogens is 418 g/mol. The van der Waals surface area contributed by atoms with Crippen LogP contribution in [0.25, 0.3) is 22.2 Å². The number of morpholine rings is 1. The highest BCUT2D eigenvalue weighted by molar-refractivity contribution is 5.93. The van der Waals surface area contributed by atoms with Gasteiger partial charge in [0.25, 0.3) is 5.56 Å². The van der Waals surface area contributed by atoms with E-state index >= 15 is 0 Å². The van der Waals surface area contributed by atoms with Crippen molar-refractivity contribution < 1.29 is 9.47 Å². The molecule has 0 spiro atoms. The van der Waals surface area contributed by atoms with Gasteiger partial charge in [-0.1, -0.05) is 12.1 Å². The van der Waals surface area contributed by atoms with E-state index in [4.69, 9.17) is 14.5 Å². The molecule has 1 saturated heterocycles. The normalized spacial score (nSPS) is 13.8. The summed E-state index contributed by atoms with van der Waals surface area (Å²) in [6.07, 6.45) is 1.41. The van der Waals surface area contributed by atoms with Crippen molar-refractivity contribution >= 4 is 28.1 Å². The maximum absolute atomic E-state index is 12.6. The number of nitrogens with one attached hydrogen (secondary N) is 2. The molecule has 3 heterocycles. The molecule has 0 aliphatic carbocycles. The van der Waals surface area contributed by atoms with E-state index < -0.39 is 0 Å².